The standard InChI is InChI=1S/C46H54F4N12O6/c1-25-37(27(3)61(5)39(25)43(65)57-29-13-15-33(47)35(49)19-29)41(63)45(67)55-23-31(59-51)21-53-17-11-9-7-8-10-12-18-54-22-32(60-52)24-56-46(68)42(64)38-26(2)40(62(6)28(38)4)44(66)58-30-14-16-34(48)36(50)20-30/h13-16,19-22,51-54H,7-12,17-18,23-24H2,1-6H3,(H,55,67)(H,56,68)(H,57,65)(H,58,66)/b31-21-,32-22-,59-51?,60-52?. The Morgan fingerprint density at radius 2 is 0.912 bits per heavy atom. The van der Waals surface area contributed by atoms with E-state index in [0.29, 0.717) is 24.5 Å². The summed E-state index contributed by atoms with van der Waals surface area (Å²) in [6, 6.07) is 5.76. The molecule has 0 bridgehead atoms. The van der Waals surface area contributed by atoms with Gasteiger partial charge in [0.05, 0.1) is 35.6 Å². The average Bonchev–Trinajstić information content (AvgIpc) is 3.67. The zero-order valence-electron chi connectivity index (χ0n) is 38.4. The number of Topliss-reactive ketones (excluding diaryl/α,β-unsaturated/α-hetero) is 2. The molecule has 0 aliphatic carbocycles. The molecule has 22 heteroatoms. The van der Waals surface area contributed by atoms with Gasteiger partial charge >= 0.3 is 0 Å². The molecule has 0 unspecified atom stereocenters. The molecule has 2 aromatic heterocycles. The van der Waals surface area contributed by atoms with Gasteiger partial charge in [-0.25, -0.2) is 28.6 Å². The van der Waals surface area contributed by atoms with E-state index in [0.717, 1.165) is 62.8 Å². The zero-order valence-corrected chi connectivity index (χ0v) is 38.4. The minimum absolute atomic E-state index is 0.00367. The summed E-state index contributed by atoms with van der Waals surface area (Å²) in [5.74, 6) is -9.57. The van der Waals surface area contributed by atoms with E-state index >= 15 is 0 Å². The Morgan fingerprint density at radius 3 is 1.25 bits per heavy atom. The van der Waals surface area contributed by atoms with Gasteiger partial charge in [0.2, 0.25) is 0 Å². The smallest absolute Gasteiger partial charge is 0.292 e. The Labute approximate surface area is 389 Å². The first-order valence-corrected chi connectivity index (χ1v) is 21.4. The van der Waals surface area contributed by atoms with Gasteiger partial charge < -0.3 is 41.0 Å². The third kappa shape index (κ3) is 13.4. The van der Waals surface area contributed by atoms with Crippen LogP contribution < -0.4 is 31.9 Å². The third-order valence-electron chi connectivity index (χ3n) is 11.1. The van der Waals surface area contributed by atoms with E-state index in [1.54, 1.807) is 13.8 Å². The number of ketones is 2. The number of hydrogen-bond acceptors (Lipinski definition) is 12. The molecule has 2 heterocycles. The largest absolute Gasteiger partial charge is 0.389 e. The first kappa shape index (κ1) is 52.8. The van der Waals surface area contributed by atoms with Gasteiger partial charge in [-0.3, -0.25) is 28.8 Å². The molecule has 0 fully saturated rings. The lowest BCUT2D eigenvalue weighted by atomic mass is 10.0. The highest BCUT2D eigenvalue weighted by atomic mass is 19.2. The highest BCUT2D eigenvalue weighted by Crippen LogP contribution is 2.25. The van der Waals surface area contributed by atoms with E-state index in [1.165, 1.54) is 61.6 Å². The highest BCUT2D eigenvalue weighted by molar-refractivity contribution is 6.44. The number of aromatic nitrogens is 2. The lowest BCUT2D eigenvalue weighted by molar-refractivity contribution is -0.117. The van der Waals surface area contributed by atoms with Gasteiger partial charge in [0.1, 0.15) is 11.4 Å². The summed E-state index contributed by atoms with van der Waals surface area (Å²) in [7, 11) is 3.06. The quantitative estimate of drug-likeness (QED) is 0.0110. The van der Waals surface area contributed by atoms with Crippen LogP contribution in [0.4, 0.5) is 28.9 Å². The van der Waals surface area contributed by atoms with Gasteiger partial charge in [-0.15, -0.1) is 0 Å². The van der Waals surface area contributed by atoms with E-state index in [-0.39, 0.29) is 69.5 Å². The Bertz CT molecular complexity index is 2490. The van der Waals surface area contributed by atoms with E-state index in [2.05, 4.69) is 42.1 Å². The molecule has 0 atom stereocenters. The van der Waals surface area contributed by atoms with Crippen molar-refractivity contribution in [1.29, 1.82) is 11.1 Å². The third-order valence-corrected chi connectivity index (χ3v) is 11.1. The Hall–Kier alpha value is -7.78. The van der Waals surface area contributed by atoms with Crippen molar-refractivity contribution in [3.63, 3.8) is 0 Å². The van der Waals surface area contributed by atoms with Crippen LogP contribution in [0.5, 0.6) is 0 Å². The maximum absolute atomic E-state index is 13.7. The predicted octanol–water partition coefficient (Wildman–Crippen LogP) is 7.22. The second-order valence-corrected chi connectivity index (χ2v) is 15.7. The summed E-state index contributed by atoms with van der Waals surface area (Å²) in [4.78, 5) is 78.1. The number of anilines is 2. The fourth-order valence-corrected chi connectivity index (χ4v) is 7.31. The number of hydrogen-bond donors (Lipinski definition) is 8. The van der Waals surface area contributed by atoms with E-state index in [1.807, 2.05) is 0 Å². The number of amides is 4. The van der Waals surface area contributed by atoms with Crippen LogP contribution in [0, 0.1) is 62.0 Å². The van der Waals surface area contributed by atoms with Gasteiger partial charge in [-0.1, -0.05) is 25.7 Å². The van der Waals surface area contributed by atoms with Crippen molar-refractivity contribution in [2.45, 2.75) is 66.2 Å². The fourth-order valence-electron chi connectivity index (χ4n) is 7.31. The number of rotatable bonds is 25. The number of nitrogens with zero attached hydrogens (tertiary/aromatic N) is 4. The molecule has 0 saturated carbocycles. The molecule has 18 nitrogen and oxygen atoms in total. The van der Waals surface area contributed by atoms with Crippen LogP contribution in [0.15, 0.2) is 70.4 Å². The van der Waals surface area contributed by atoms with Gasteiger partial charge in [0, 0.05) is 74.5 Å². The second-order valence-electron chi connectivity index (χ2n) is 15.7. The van der Waals surface area contributed by atoms with E-state index < -0.39 is 58.5 Å². The van der Waals surface area contributed by atoms with E-state index in [9.17, 15) is 46.3 Å². The Kier molecular flexibility index (Phi) is 19.2. The molecule has 68 heavy (non-hydrogen) atoms. The van der Waals surface area contributed by atoms with Gasteiger partial charge in [0.25, 0.3) is 35.2 Å². The van der Waals surface area contributed by atoms with Crippen molar-refractivity contribution in [2.75, 3.05) is 36.8 Å². The molecule has 8 N–H and O–H groups in total. The van der Waals surface area contributed by atoms with Crippen LogP contribution in [-0.2, 0) is 23.7 Å². The van der Waals surface area contributed by atoms with Gasteiger partial charge in [-0.05, 0) is 75.9 Å². The van der Waals surface area contributed by atoms with Crippen molar-refractivity contribution in [3.8, 4) is 0 Å². The molecule has 4 rings (SSSR count). The summed E-state index contributed by atoms with van der Waals surface area (Å²) < 4.78 is 56.8. The fraction of sp³-hybridized carbons (Fsp3) is 0.348. The summed E-state index contributed by atoms with van der Waals surface area (Å²) in [6.07, 6.45) is 8.32. The van der Waals surface area contributed by atoms with Crippen LogP contribution in [0.25, 0.3) is 0 Å². The van der Waals surface area contributed by atoms with Crippen molar-refractivity contribution < 1.29 is 46.3 Å². The minimum Gasteiger partial charge on any atom is -0.389 e. The van der Waals surface area contributed by atoms with Gasteiger partial charge in [-0.2, -0.15) is 10.2 Å². The van der Waals surface area contributed by atoms with Crippen LogP contribution >= 0.6 is 0 Å². The maximum Gasteiger partial charge on any atom is 0.292 e. The topological polar surface area (TPSA) is 257 Å². The van der Waals surface area contributed by atoms with Crippen molar-refractivity contribution in [1.82, 2.24) is 30.4 Å². The molecule has 0 radical (unpaired) electrons. The molecule has 0 saturated heterocycles. The summed E-state index contributed by atoms with van der Waals surface area (Å²) in [6.45, 7) is 6.84. The monoisotopic (exact) mass is 946 g/mol. The number of halogens is 4. The molecule has 4 amide bonds. The number of benzene rings is 2. The number of unbranched alkanes of at least 4 members (excludes halogenated alkanes) is 5. The first-order valence-electron chi connectivity index (χ1n) is 21.4. The number of nitrogens with one attached hydrogen (secondary N) is 8. The minimum atomic E-state index is -1.15. The second kappa shape index (κ2) is 24.7. The van der Waals surface area contributed by atoms with Crippen molar-refractivity contribution in [3.05, 3.63) is 128 Å². The molecule has 0 aliphatic rings. The Morgan fingerprint density at radius 1 is 0.559 bits per heavy atom. The Balaban J connectivity index is 1.11. The average molecular weight is 947 g/mol. The molecular formula is C46H54F4N12O6. The SMILES string of the molecule is Cc1c(C(=O)C(=O)NC/C(=C/NCCCCCCCCN/C=C(/CNC(=O)C(=O)c2c(C)c(C(=O)Nc3ccc(F)c(F)c3)n(C)c2C)N=N)N=N)c(C)n(C)c1C(=O)Nc1ccc(F)c(F)c1. The van der Waals surface area contributed by atoms with Gasteiger partial charge in [0.15, 0.2) is 23.3 Å². The summed E-state index contributed by atoms with van der Waals surface area (Å²) >= 11 is 0. The normalized spacial score (nSPS) is 11.4. The van der Waals surface area contributed by atoms with Crippen molar-refractivity contribution >= 4 is 46.6 Å². The lowest BCUT2D eigenvalue weighted by Gasteiger charge is -2.08. The van der Waals surface area contributed by atoms with Crippen LogP contribution in [-0.4, -0.2) is 70.5 Å². The maximum atomic E-state index is 13.7. The molecule has 0 aliphatic heterocycles. The molecule has 2 aromatic carbocycles. The van der Waals surface area contributed by atoms with Crippen LogP contribution in [0.1, 0.15) is 103 Å². The summed E-state index contributed by atoms with van der Waals surface area (Å²) in [5, 5.41) is 22.8. The van der Waals surface area contributed by atoms with Crippen LogP contribution in [0.2, 0.25) is 0 Å². The lowest BCUT2D eigenvalue weighted by Crippen LogP contribution is -2.33. The number of carbonyl (C=O) groups is 6. The summed E-state index contributed by atoms with van der Waals surface area (Å²) in [5.41, 5.74) is 16.5. The molecule has 4 aromatic rings. The predicted molar refractivity (Wildman–Crippen MR) is 243 cm³/mol. The highest BCUT2D eigenvalue weighted by Gasteiger charge is 2.30. The van der Waals surface area contributed by atoms with Crippen molar-refractivity contribution in [2.24, 2.45) is 24.3 Å². The van der Waals surface area contributed by atoms with E-state index in [4.69, 9.17) is 11.1 Å². The van der Waals surface area contributed by atoms with Crippen LogP contribution in [0.3, 0.4) is 0 Å². The zero-order chi connectivity index (χ0) is 50.2. The first-order chi connectivity index (χ1) is 32.3. The number of carbonyl (C=O) groups excluding carboxylic acids is 6. The molecule has 362 valence electrons. The molecular weight excluding hydrogens is 893 g/mol. The molecule has 0 spiro atoms.